The largest absolute Gasteiger partial charge is 0.493 e. The van der Waals surface area contributed by atoms with Gasteiger partial charge in [0.05, 0.1) is 18.8 Å². The van der Waals surface area contributed by atoms with Gasteiger partial charge in [-0.05, 0) is 65.9 Å². The van der Waals surface area contributed by atoms with Gasteiger partial charge in [-0.25, -0.2) is 4.79 Å². The predicted octanol–water partition coefficient (Wildman–Crippen LogP) is 3.55. The molecule has 12 nitrogen and oxygen atoms in total. The van der Waals surface area contributed by atoms with Crippen molar-refractivity contribution in [1.29, 1.82) is 0 Å². The molecule has 2 saturated heterocycles. The molecule has 0 spiro atoms. The van der Waals surface area contributed by atoms with Gasteiger partial charge in [0.1, 0.15) is 23.9 Å². The van der Waals surface area contributed by atoms with E-state index in [4.69, 9.17) is 9.47 Å². The third-order valence-corrected chi connectivity index (χ3v) is 10.3. The van der Waals surface area contributed by atoms with Crippen molar-refractivity contribution in [3.63, 3.8) is 0 Å². The molecule has 47 heavy (non-hydrogen) atoms. The third-order valence-electron chi connectivity index (χ3n) is 10.3. The molecule has 3 N–H and O–H groups in total. The van der Waals surface area contributed by atoms with Gasteiger partial charge in [-0.3, -0.25) is 24.2 Å². The Bertz CT molecular complexity index is 1300. The summed E-state index contributed by atoms with van der Waals surface area (Å²) in [5, 5.41) is 16.2. The Labute approximate surface area is 278 Å². The quantitative estimate of drug-likeness (QED) is 0.367. The first-order valence-corrected chi connectivity index (χ1v) is 17.4. The third kappa shape index (κ3) is 7.85. The van der Waals surface area contributed by atoms with E-state index in [9.17, 15) is 24.3 Å². The summed E-state index contributed by atoms with van der Waals surface area (Å²) in [5.41, 5.74) is 0.0915. The number of nitrogens with one attached hydrogen (secondary N) is 2. The van der Waals surface area contributed by atoms with E-state index in [0.717, 1.165) is 54.7 Å². The van der Waals surface area contributed by atoms with Crippen LogP contribution in [0.15, 0.2) is 24.3 Å². The molecule has 4 aliphatic rings. The summed E-state index contributed by atoms with van der Waals surface area (Å²) in [6.07, 6.45) is 4.72. The minimum atomic E-state index is -1.20. The van der Waals surface area contributed by atoms with Gasteiger partial charge in [-0.1, -0.05) is 37.5 Å². The summed E-state index contributed by atoms with van der Waals surface area (Å²) in [7, 11) is 0. The molecule has 1 aliphatic carbocycles. The van der Waals surface area contributed by atoms with E-state index in [1.807, 2.05) is 31.2 Å². The highest BCUT2D eigenvalue weighted by molar-refractivity contribution is 5.94. The molecular weight excluding hydrogens is 602 g/mol. The van der Waals surface area contributed by atoms with E-state index in [1.54, 1.807) is 32.6 Å². The zero-order valence-electron chi connectivity index (χ0n) is 28.6. The molecule has 3 heterocycles. The van der Waals surface area contributed by atoms with Crippen LogP contribution in [0.4, 0.5) is 4.79 Å². The number of para-hydroxylation sites is 1. The van der Waals surface area contributed by atoms with Crippen molar-refractivity contribution in [2.75, 3.05) is 32.8 Å². The van der Waals surface area contributed by atoms with E-state index in [1.165, 1.54) is 0 Å². The summed E-state index contributed by atoms with van der Waals surface area (Å²) < 4.78 is 11.8. The lowest BCUT2D eigenvalue weighted by molar-refractivity contribution is -0.150. The van der Waals surface area contributed by atoms with Crippen molar-refractivity contribution in [1.82, 2.24) is 25.3 Å². The second-order valence-electron chi connectivity index (χ2n) is 14.5. The number of carbonyl (C=O) groups excluding carboxylic acids is 3. The van der Waals surface area contributed by atoms with Crippen LogP contribution in [0.2, 0.25) is 0 Å². The number of rotatable bonds is 9. The van der Waals surface area contributed by atoms with Crippen molar-refractivity contribution in [2.45, 2.75) is 121 Å². The lowest BCUT2D eigenvalue weighted by Gasteiger charge is -2.45. The molecule has 4 amide bonds. The Hall–Kier alpha value is -3.38. The van der Waals surface area contributed by atoms with Gasteiger partial charge in [0.25, 0.3) is 0 Å². The normalized spacial score (nSPS) is 26.3. The summed E-state index contributed by atoms with van der Waals surface area (Å²) >= 11 is 0. The highest BCUT2D eigenvalue weighted by atomic mass is 16.5. The molecule has 3 fully saturated rings. The molecule has 0 bridgehead atoms. The van der Waals surface area contributed by atoms with Crippen molar-refractivity contribution in [2.24, 2.45) is 5.92 Å². The average molecular weight is 656 g/mol. The Kier molecular flexibility index (Phi) is 11.0. The number of ether oxygens (including phenoxy) is 2. The number of hydrogen-bond donors (Lipinski definition) is 3. The average Bonchev–Trinajstić information content (AvgIpc) is 3.44. The van der Waals surface area contributed by atoms with E-state index in [0.29, 0.717) is 39.3 Å². The first-order valence-electron chi connectivity index (χ1n) is 17.4. The van der Waals surface area contributed by atoms with Crippen LogP contribution in [-0.2, 0) is 19.1 Å². The van der Waals surface area contributed by atoms with Crippen molar-refractivity contribution >= 4 is 23.8 Å². The summed E-state index contributed by atoms with van der Waals surface area (Å²) in [6, 6.07) is 4.84. The van der Waals surface area contributed by atoms with Crippen LogP contribution in [0, 0.1) is 5.92 Å². The van der Waals surface area contributed by atoms with Crippen LogP contribution < -0.4 is 15.4 Å². The van der Waals surface area contributed by atoms with E-state index in [2.05, 4.69) is 15.5 Å². The van der Waals surface area contributed by atoms with Crippen LogP contribution in [0.3, 0.4) is 0 Å². The lowest BCUT2D eigenvalue weighted by atomic mass is 9.82. The van der Waals surface area contributed by atoms with Crippen molar-refractivity contribution in [3.05, 3.63) is 29.8 Å². The number of amides is 4. The number of nitrogens with zero attached hydrogens (tertiary/aromatic N) is 3. The molecule has 12 heteroatoms. The first-order chi connectivity index (χ1) is 22.4. The number of hydrogen-bond acceptors (Lipinski definition) is 7. The minimum absolute atomic E-state index is 0.0280. The topological polar surface area (TPSA) is 141 Å². The van der Waals surface area contributed by atoms with E-state index >= 15 is 0 Å². The van der Waals surface area contributed by atoms with Crippen molar-refractivity contribution < 1.29 is 33.8 Å². The highest BCUT2D eigenvalue weighted by Crippen LogP contribution is 2.34. The van der Waals surface area contributed by atoms with Crippen LogP contribution >= 0.6 is 0 Å². The van der Waals surface area contributed by atoms with Gasteiger partial charge < -0.3 is 30.1 Å². The second-order valence-corrected chi connectivity index (χ2v) is 14.5. The Morgan fingerprint density at radius 2 is 1.79 bits per heavy atom. The molecule has 1 aromatic carbocycles. The van der Waals surface area contributed by atoms with E-state index in [-0.39, 0.29) is 35.9 Å². The molecule has 0 radical (unpaired) electrons. The van der Waals surface area contributed by atoms with Gasteiger partial charge in [-0.15, -0.1) is 0 Å². The van der Waals surface area contributed by atoms with Gasteiger partial charge in [0.2, 0.25) is 17.7 Å². The molecule has 3 aliphatic heterocycles. The SMILES string of the molecule is CCO[C@@H]1C[C@@H]2CN(C(=O)[C@@H](NC(=O)[C@H](C)N(C(=O)O)C(C)(C)C)C3CCCCC3)[C@H](C(=O)N[C@@H]3CCOc4ccccc43)CN2C1. The number of benzene rings is 1. The number of fused-ring (bicyclic) bond motifs is 2. The minimum Gasteiger partial charge on any atom is -0.493 e. The highest BCUT2D eigenvalue weighted by Gasteiger charge is 2.48. The molecule has 1 saturated carbocycles. The smallest absolute Gasteiger partial charge is 0.408 e. The second kappa shape index (κ2) is 14.8. The lowest BCUT2D eigenvalue weighted by Crippen LogP contribution is -2.67. The molecule has 1 aromatic rings. The molecule has 260 valence electrons. The monoisotopic (exact) mass is 655 g/mol. The fourth-order valence-electron chi connectivity index (χ4n) is 8.06. The predicted molar refractivity (Wildman–Crippen MR) is 176 cm³/mol. The van der Waals surface area contributed by atoms with E-state index < -0.39 is 35.7 Å². The van der Waals surface area contributed by atoms with Crippen LogP contribution in [0.1, 0.15) is 91.2 Å². The Morgan fingerprint density at radius 3 is 2.47 bits per heavy atom. The van der Waals surface area contributed by atoms with Gasteiger partial charge in [0.15, 0.2) is 0 Å². The maximum Gasteiger partial charge on any atom is 0.408 e. The number of piperazine rings is 1. The van der Waals surface area contributed by atoms with Gasteiger partial charge in [0, 0.05) is 49.8 Å². The molecular formula is C35H53N5O7. The summed E-state index contributed by atoms with van der Waals surface area (Å²) in [6.45, 7) is 11.2. The number of carbonyl (C=O) groups is 4. The molecule has 0 aromatic heterocycles. The zero-order valence-corrected chi connectivity index (χ0v) is 28.6. The molecule has 0 unspecified atom stereocenters. The van der Waals surface area contributed by atoms with Crippen LogP contribution in [-0.4, -0.2) is 112 Å². The molecule has 6 atom stereocenters. The maximum atomic E-state index is 14.8. The zero-order chi connectivity index (χ0) is 33.9. The van der Waals surface area contributed by atoms with Crippen molar-refractivity contribution in [3.8, 4) is 5.75 Å². The fourth-order valence-corrected chi connectivity index (χ4v) is 8.06. The Morgan fingerprint density at radius 1 is 1.06 bits per heavy atom. The van der Waals surface area contributed by atoms with Crippen LogP contribution in [0.25, 0.3) is 0 Å². The standard InChI is InChI=1S/C35H53N5O7/c1-6-46-25-18-24-19-39(28(21-38(24)20-25)32(42)36-27-16-17-47-29-15-11-10-14-26(27)29)33(43)30(23-12-8-7-9-13-23)37-31(41)22(2)40(34(44)45)35(3,4)5/h10-11,14-15,22-25,27-28,30H,6-9,12-13,16-21H2,1-5H3,(H,36,42)(H,37,41)(H,44,45)/t22-,24+,25+,27+,28-,30-/m0/s1. The van der Waals surface area contributed by atoms with Crippen LogP contribution in [0.5, 0.6) is 5.75 Å². The summed E-state index contributed by atoms with van der Waals surface area (Å²) in [4.78, 5) is 60.1. The maximum absolute atomic E-state index is 14.8. The Balaban J connectivity index is 1.42. The van der Waals surface area contributed by atoms with Gasteiger partial charge >= 0.3 is 6.09 Å². The molecule has 5 rings (SSSR count). The van der Waals surface area contributed by atoms with Gasteiger partial charge in [-0.2, -0.15) is 0 Å². The summed E-state index contributed by atoms with van der Waals surface area (Å²) in [5.74, 6) is -0.377. The number of carboxylic acid groups (broad SMARTS) is 1. The fraction of sp³-hybridized carbons (Fsp3) is 0.714. The first kappa shape index (κ1) is 34.9.